The molecule has 2 amide bonds. The lowest BCUT2D eigenvalue weighted by Gasteiger charge is -2.35. The Hall–Kier alpha value is -3.14. The lowest BCUT2D eigenvalue weighted by Crippen LogP contribution is -2.30. The molecule has 0 saturated carbocycles. The van der Waals surface area contributed by atoms with E-state index in [1.54, 1.807) is 0 Å². The molecular formula is C24H20N2O2. The summed E-state index contributed by atoms with van der Waals surface area (Å²) in [6.45, 7) is 1.31. The van der Waals surface area contributed by atoms with Crippen LogP contribution in [0.4, 0.5) is 0 Å². The SMILES string of the molecule is O=C1CCC2=C(C3=C4CCC(=O)N4Cc4ccccc43)c3ccccc3CN12. The molecule has 6 rings (SSSR count). The Bertz CT molecular complexity index is 1040. The highest BCUT2D eigenvalue weighted by Crippen LogP contribution is 2.50. The third kappa shape index (κ3) is 2.06. The summed E-state index contributed by atoms with van der Waals surface area (Å²) >= 11 is 0. The fourth-order valence-electron chi connectivity index (χ4n) is 5.19. The molecule has 4 aliphatic rings. The topological polar surface area (TPSA) is 40.6 Å². The molecule has 2 aromatic rings. The second-order valence-corrected chi connectivity index (χ2v) is 7.92. The maximum absolute atomic E-state index is 12.6. The summed E-state index contributed by atoms with van der Waals surface area (Å²) in [7, 11) is 0. The smallest absolute Gasteiger partial charge is 0.227 e. The minimum absolute atomic E-state index is 0.205. The van der Waals surface area contributed by atoms with Gasteiger partial charge < -0.3 is 9.80 Å². The number of nitrogens with zero attached hydrogens (tertiary/aromatic N) is 2. The number of fused-ring (bicyclic) bond motifs is 4. The summed E-state index contributed by atoms with van der Waals surface area (Å²) in [6.07, 6.45) is 2.68. The second-order valence-electron chi connectivity index (χ2n) is 7.92. The first kappa shape index (κ1) is 15.9. The zero-order valence-electron chi connectivity index (χ0n) is 15.6. The third-order valence-corrected chi connectivity index (χ3v) is 6.46. The van der Waals surface area contributed by atoms with Crippen LogP contribution in [0.15, 0.2) is 59.9 Å². The van der Waals surface area contributed by atoms with Crippen LogP contribution < -0.4 is 0 Å². The first-order valence-corrected chi connectivity index (χ1v) is 9.96. The van der Waals surface area contributed by atoms with E-state index >= 15 is 0 Å². The molecule has 0 bridgehead atoms. The van der Waals surface area contributed by atoms with Gasteiger partial charge in [0.05, 0.1) is 13.1 Å². The zero-order chi connectivity index (χ0) is 18.8. The first-order chi connectivity index (χ1) is 13.7. The molecule has 2 fully saturated rings. The fraction of sp³-hybridized carbons (Fsp3) is 0.250. The standard InChI is InChI=1S/C24H20N2O2/c27-21-11-9-19-23(17-7-3-1-5-15(17)13-25(19)21)24-18-8-4-2-6-16(18)14-26-20(24)10-12-22(26)28/h1-8H,9-14H2. The van der Waals surface area contributed by atoms with Crippen molar-refractivity contribution in [2.45, 2.75) is 38.8 Å². The van der Waals surface area contributed by atoms with Crippen LogP contribution in [0.25, 0.3) is 11.1 Å². The van der Waals surface area contributed by atoms with Gasteiger partial charge in [-0.1, -0.05) is 48.5 Å². The van der Waals surface area contributed by atoms with Gasteiger partial charge in [-0.15, -0.1) is 0 Å². The highest BCUT2D eigenvalue weighted by Gasteiger charge is 2.40. The first-order valence-electron chi connectivity index (χ1n) is 9.96. The molecule has 0 N–H and O–H groups in total. The van der Waals surface area contributed by atoms with Crippen molar-refractivity contribution in [1.82, 2.24) is 9.80 Å². The lowest BCUT2D eigenvalue weighted by molar-refractivity contribution is -0.128. The zero-order valence-corrected chi connectivity index (χ0v) is 15.6. The van der Waals surface area contributed by atoms with Crippen LogP contribution in [0.2, 0.25) is 0 Å². The summed E-state index contributed by atoms with van der Waals surface area (Å²) in [5, 5.41) is 0. The van der Waals surface area contributed by atoms with Gasteiger partial charge in [-0.3, -0.25) is 9.59 Å². The lowest BCUT2D eigenvalue weighted by atomic mass is 9.81. The van der Waals surface area contributed by atoms with Crippen molar-refractivity contribution in [2.24, 2.45) is 0 Å². The van der Waals surface area contributed by atoms with Crippen LogP contribution in [0.1, 0.15) is 47.9 Å². The Labute approximate surface area is 163 Å². The highest BCUT2D eigenvalue weighted by molar-refractivity contribution is 6.12. The second kappa shape index (κ2) is 5.68. The molecule has 4 nitrogen and oxygen atoms in total. The molecule has 138 valence electrons. The molecule has 0 atom stereocenters. The van der Waals surface area contributed by atoms with E-state index < -0.39 is 0 Å². The maximum Gasteiger partial charge on any atom is 0.227 e. The summed E-state index contributed by atoms with van der Waals surface area (Å²) in [5.41, 5.74) is 9.37. The van der Waals surface area contributed by atoms with Crippen LogP contribution in [0.5, 0.6) is 0 Å². The van der Waals surface area contributed by atoms with E-state index in [0.29, 0.717) is 25.9 Å². The Balaban J connectivity index is 1.69. The van der Waals surface area contributed by atoms with Crippen LogP contribution in [-0.2, 0) is 22.7 Å². The summed E-state index contributed by atoms with van der Waals surface area (Å²) < 4.78 is 0. The van der Waals surface area contributed by atoms with Crippen molar-refractivity contribution in [3.05, 3.63) is 82.2 Å². The predicted molar refractivity (Wildman–Crippen MR) is 106 cm³/mol. The molecule has 0 radical (unpaired) electrons. The fourth-order valence-corrected chi connectivity index (χ4v) is 5.19. The Kier molecular flexibility index (Phi) is 3.22. The van der Waals surface area contributed by atoms with Crippen molar-refractivity contribution in [3.8, 4) is 0 Å². The van der Waals surface area contributed by atoms with Gasteiger partial charge in [-0.2, -0.15) is 0 Å². The molecule has 0 aliphatic carbocycles. The minimum Gasteiger partial charge on any atom is -0.311 e. The normalized spacial score (nSPS) is 20.4. The van der Waals surface area contributed by atoms with Crippen LogP contribution >= 0.6 is 0 Å². The van der Waals surface area contributed by atoms with Crippen molar-refractivity contribution in [3.63, 3.8) is 0 Å². The van der Waals surface area contributed by atoms with Gasteiger partial charge in [0.25, 0.3) is 0 Å². The molecule has 0 unspecified atom stereocenters. The summed E-state index contributed by atoms with van der Waals surface area (Å²) in [5.74, 6) is 0.409. The largest absolute Gasteiger partial charge is 0.311 e. The van der Waals surface area contributed by atoms with E-state index in [1.807, 2.05) is 21.9 Å². The number of rotatable bonds is 1. The highest BCUT2D eigenvalue weighted by atomic mass is 16.2. The van der Waals surface area contributed by atoms with Crippen molar-refractivity contribution >= 4 is 23.0 Å². The maximum atomic E-state index is 12.6. The number of allylic oxidation sites excluding steroid dienone is 4. The van der Waals surface area contributed by atoms with Gasteiger partial charge in [0.2, 0.25) is 11.8 Å². The van der Waals surface area contributed by atoms with Gasteiger partial charge in [-0.25, -0.2) is 0 Å². The van der Waals surface area contributed by atoms with Crippen molar-refractivity contribution in [2.75, 3.05) is 0 Å². The molecule has 4 heterocycles. The molecule has 0 spiro atoms. The van der Waals surface area contributed by atoms with Gasteiger partial charge in [0.15, 0.2) is 0 Å². The Morgan fingerprint density at radius 2 is 1.00 bits per heavy atom. The van der Waals surface area contributed by atoms with E-state index in [4.69, 9.17) is 0 Å². The van der Waals surface area contributed by atoms with Gasteiger partial charge >= 0.3 is 0 Å². The molecule has 2 aromatic carbocycles. The van der Waals surface area contributed by atoms with Crippen molar-refractivity contribution in [1.29, 1.82) is 0 Å². The average molecular weight is 368 g/mol. The molecule has 2 saturated heterocycles. The number of benzene rings is 2. The number of carbonyl (C=O) groups is 2. The Morgan fingerprint density at radius 3 is 1.46 bits per heavy atom. The minimum atomic E-state index is 0.205. The van der Waals surface area contributed by atoms with Crippen LogP contribution in [0, 0.1) is 0 Å². The van der Waals surface area contributed by atoms with E-state index in [-0.39, 0.29) is 11.8 Å². The van der Waals surface area contributed by atoms with Gasteiger partial charge in [0, 0.05) is 35.4 Å². The number of amides is 2. The van der Waals surface area contributed by atoms with E-state index in [0.717, 1.165) is 35.4 Å². The van der Waals surface area contributed by atoms with Crippen LogP contribution in [-0.4, -0.2) is 21.6 Å². The quantitative estimate of drug-likeness (QED) is 0.761. The molecule has 0 aromatic heterocycles. The number of carbonyl (C=O) groups excluding carboxylic acids is 2. The number of hydrogen-bond donors (Lipinski definition) is 0. The predicted octanol–water partition coefficient (Wildman–Crippen LogP) is 4.08. The van der Waals surface area contributed by atoms with Crippen molar-refractivity contribution < 1.29 is 9.59 Å². The van der Waals surface area contributed by atoms with Gasteiger partial charge in [0.1, 0.15) is 0 Å². The summed E-state index contributed by atoms with van der Waals surface area (Å²) in [6, 6.07) is 16.8. The molecular weight excluding hydrogens is 348 g/mol. The summed E-state index contributed by atoms with van der Waals surface area (Å²) in [4.78, 5) is 29.1. The Morgan fingerprint density at radius 1 is 0.571 bits per heavy atom. The molecule has 4 aliphatic heterocycles. The van der Waals surface area contributed by atoms with E-state index in [9.17, 15) is 9.59 Å². The monoisotopic (exact) mass is 368 g/mol. The number of hydrogen-bond acceptors (Lipinski definition) is 2. The van der Waals surface area contributed by atoms with Gasteiger partial charge in [-0.05, 0) is 35.1 Å². The molecule has 28 heavy (non-hydrogen) atoms. The van der Waals surface area contributed by atoms with Crippen LogP contribution in [0.3, 0.4) is 0 Å². The van der Waals surface area contributed by atoms with E-state index in [1.165, 1.54) is 22.3 Å². The third-order valence-electron chi connectivity index (χ3n) is 6.46. The average Bonchev–Trinajstić information content (AvgIpc) is 3.28. The molecule has 4 heteroatoms. The van der Waals surface area contributed by atoms with E-state index in [2.05, 4.69) is 36.4 Å².